The summed E-state index contributed by atoms with van der Waals surface area (Å²) >= 11 is 0. The van der Waals surface area contributed by atoms with Crippen molar-refractivity contribution >= 4 is 0 Å². The van der Waals surface area contributed by atoms with E-state index in [1.165, 1.54) is 11.1 Å². The zero-order chi connectivity index (χ0) is 13.2. The minimum Gasteiger partial charge on any atom is -0.483 e. The first-order chi connectivity index (χ1) is 8.36. The Morgan fingerprint density at radius 1 is 1.22 bits per heavy atom. The van der Waals surface area contributed by atoms with E-state index in [2.05, 4.69) is 32.0 Å². The Kier molecular flexibility index (Phi) is 2.19. The Morgan fingerprint density at radius 2 is 1.94 bits per heavy atom. The molecule has 1 aliphatic carbocycles. The summed E-state index contributed by atoms with van der Waals surface area (Å²) in [5, 5.41) is 9.31. The van der Waals surface area contributed by atoms with Crippen molar-refractivity contribution in [3.63, 3.8) is 0 Å². The van der Waals surface area contributed by atoms with Crippen molar-refractivity contribution in [3.05, 3.63) is 29.3 Å². The largest absolute Gasteiger partial charge is 0.483 e. The molecular formula is C15H20O3. The molecule has 3 atom stereocenters. The van der Waals surface area contributed by atoms with Gasteiger partial charge in [0.05, 0.1) is 0 Å². The Balaban J connectivity index is 2.18. The molecule has 1 aromatic carbocycles. The Labute approximate surface area is 108 Å². The third-order valence-corrected chi connectivity index (χ3v) is 5.41. The summed E-state index contributed by atoms with van der Waals surface area (Å²) in [5.41, 5.74) is 1.14. The van der Waals surface area contributed by atoms with Crippen LogP contribution in [0, 0.1) is 6.92 Å². The average molecular weight is 248 g/mol. The van der Waals surface area contributed by atoms with Crippen LogP contribution in [-0.2, 0) is 10.3 Å². The van der Waals surface area contributed by atoms with Crippen LogP contribution in [-0.4, -0.2) is 16.5 Å². The maximum absolute atomic E-state index is 9.31. The van der Waals surface area contributed by atoms with Gasteiger partial charge in [-0.05, 0) is 45.2 Å². The standard InChI is InChI=1S/C15H20O3/c1-10-5-6-11-12(9-10)17-15(4)13(11,2)7-8-14(15,3)18-16/h5-6,9,16H,7-8H2,1-4H3/t13-,14-,15+/m0/s1. The van der Waals surface area contributed by atoms with E-state index in [1.807, 2.05) is 13.8 Å². The smallest absolute Gasteiger partial charge is 0.147 e. The van der Waals surface area contributed by atoms with Crippen LogP contribution in [0.4, 0.5) is 0 Å². The molecule has 1 saturated carbocycles. The molecule has 0 unspecified atom stereocenters. The molecule has 3 rings (SSSR count). The number of aryl methyl sites for hydroxylation is 1. The van der Waals surface area contributed by atoms with E-state index in [0.29, 0.717) is 0 Å². The van der Waals surface area contributed by atoms with E-state index in [1.54, 1.807) is 0 Å². The number of hydrogen-bond acceptors (Lipinski definition) is 3. The number of benzene rings is 1. The molecular weight excluding hydrogens is 228 g/mol. The second-order valence-electron chi connectivity index (χ2n) is 6.29. The van der Waals surface area contributed by atoms with Gasteiger partial charge < -0.3 is 4.74 Å². The lowest BCUT2D eigenvalue weighted by Crippen LogP contribution is -2.57. The second-order valence-corrected chi connectivity index (χ2v) is 6.29. The van der Waals surface area contributed by atoms with Crippen molar-refractivity contribution < 1.29 is 14.9 Å². The fraction of sp³-hybridized carbons (Fsp3) is 0.600. The van der Waals surface area contributed by atoms with Gasteiger partial charge in [-0.3, -0.25) is 5.26 Å². The maximum atomic E-state index is 9.31. The first-order valence-electron chi connectivity index (χ1n) is 6.49. The highest BCUT2D eigenvalue weighted by Crippen LogP contribution is 2.62. The SMILES string of the molecule is Cc1ccc2c(c1)O[C@]1(C)[C@@]2(C)CC[C@]1(C)OO. The van der Waals surface area contributed by atoms with Crippen molar-refractivity contribution in [2.75, 3.05) is 0 Å². The molecule has 2 aliphatic rings. The molecule has 0 spiro atoms. The van der Waals surface area contributed by atoms with Crippen LogP contribution in [0.25, 0.3) is 0 Å². The van der Waals surface area contributed by atoms with Gasteiger partial charge in [0.1, 0.15) is 17.0 Å². The molecule has 0 radical (unpaired) electrons. The van der Waals surface area contributed by atoms with Gasteiger partial charge in [-0.2, -0.15) is 0 Å². The van der Waals surface area contributed by atoms with Crippen LogP contribution < -0.4 is 4.74 Å². The fourth-order valence-electron chi connectivity index (χ4n) is 3.68. The van der Waals surface area contributed by atoms with Crippen LogP contribution in [0.1, 0.15) is 44.7 Å². The molecule has 0 bridgehead atoms. The first kappa shape index (κ1) is 12.0. The Morgan fingerprint density at radius 3 is 2.61 bits per heavy atom. The highest BCUT2D eigenvalue weighted by Gasteiger charge is 2.69. The van der Waals surface area contributed by atoms with Crippen molar-refractivity contribution in [1.82, 2.24) is 0 Å². The molecule has 1 fully saturated rings. The van der Waals surface area contributed by atoms with E-state index in [9.17, 15) is 5.26 Å². The second kappa shape index (κ2) is 3.28. The van der Waals surface area contributed by atoms with Gasteiger partial charge in [0.25, 0.3) is 0 Å². The molecule has 1 aromatic rings. The van der Waals surface area contributed by atoms with Crippen LogP contribution in [0.15, 0.2) is 18.2 Å². The highest BCUT2D eigenvalue weighted by molar-refractivity contribution is 5.51. The van der Waals surface area contributed by atoms with Crippen LogP contribution in [0.5, 0.6) is 5.75 Å². The molecule has 1 N–H and O–H groups in total. The molecule has 3 heteroatoms. The monoisotopic (exact) mass is 248 g/mol. The van der Waals surface area contributed by atoms with Gasteiger partial charge in [0.15, 0.2) is 0 Å². The first-order valence-corrected chi connectivity index (χ1v) is 6.49. The minimum absolute atomic E-state index is 0.104. The topological polar surface area (TPSA) is 38.7 Å². The van der Waals surface area contributed by atoms with Crippen LogP contribution in [0.2, 0.25) is 0 Å². The lowest BCUT2D eigenvalue weighted by molar-refractivity contribution is -0.347. The summed E-state index contributed by atoms with van der Waals surface area (Å²) < 4.78 is 6.22. The summed E-state index contributed by atoms with van der Waals surface area (Å²) in [4.78, 5) is 4.82. The Hall–Kier alpha value is -1.06. The summed E-state index contributed by atoms with van der Waals surface area (Å²) in [6, 6.07) is 6.34. The molecule has 18 heavy (non-hydrogen) atoms. The van der Waals surface area contributed by atoms with Gasteiger partial charge in [-0.15, -0.1) is 0 Å². The number of rotatable bonds is 1. The third-order valence-electron chi connectivity index (χ3n) is 5.41. The molecule has 0 saturated heterocycles. The van der Waals surface area contributed by atoms with Gasteiger partial charge in [-0.25, -0.2) is 4.89 Å². The molecule has 3 nitrogen and oxygen atoms in total. The van der Waals surface area contributed by atoms with E-state index < -0.39 is 11.2 Å². The van der Waals surface area contributed by atoms with Gasteiger partial charge >= 0.3 is 0 Å². The van der Waals surface area contributed by atoms with E-state index in [0.717, 1.165) is 18.6 Å². The summed E-state index contributed by atoms with van der Waals surface area (Å²) in [5.74, 6) is 0.933. The van der Waals surface area contributed by atoms with E-state index in [4.69, 9.17) is 9.62 Å². The third kappa shape index (κ3) is 1.12. The zero-order valence-corrected chi connectivity index (χ0v) is 11.4. The number of ether oxygens (including phenoxy) is 1. The lowest BCUT2D eigenvalue weighted by Gasteiger charge is -2.41. The molecule has 98 valence electrons. The molecule has 0 amide bonds. The normalized spacial score (nSPS) is 41.4. The lowest BCUT2D eigenvalue weighted by atomic mass is 9.70. The van der Waals surface area contributed by atoms with Crippen molar-refractivity contribution in [2.24, 2.45) is 0 Å². The van der Waals surface area contributed by atoms with Crippen molar-refractivity contribution in [1.29, 1.82) is 0 Å². The summed E-state index contributed by atoms with van der Waals surface area (Å²) in [7, 11) is 0. The van der Waals surface area contributed by atoms with Gasteiger partial charge in [0, 0.05) is 11.0 Å². The van der Waals surface area contributed by atoms with Crippen LogP contribution >= 0.6 is 0 Å². The summed E-state index contributed by atoms with van der Waals surface area (Å²) in [6.07, 6.45) is 1.75. The van der Waals surface area contributed by atoms with Gasteiger partial charge in [-0.1, -0.05) is 19.1 Å². The summed E-state index contributed by atoms with van der Waals surface area (Å²) in [6.45, 7) is 8.24. The molecule has 1 aliphatic heterocycles. The highest BCUT2D eigenvalue weighted by atomic mass is 17.1. The molecule has 0 aromatic heterocycles. The Bertz CT molecular complexity index is 512. The minimum atomic E-state index is -0.658. The zero-order valence-electron chi connectivity index (χ0n) is 11.4. The van der Waals surface area contributed by atoms with Crippen molar-refractivity contribution in [3.8, 4) is 5.75 Å². The van der Waals surface area contributed by atoms with E-state index in [-0.39, 0.29) is 5.41 Å². The number of fused-ring (bicyclic) bond motifs is 3. The van der Waals surface area contributed by atoms with Crippen molar-refractivity contribution in [2.45, 2.75) is 57.2 Å². The maximum Gasteiger partial charge on any atom is 0.147 e. The van der Waals surface area contributed by atoms with E-state index >= 15 is 0 Å². The predicted molar refractivity (Wildman–Crippen MR) is 68.9 cm³/mol. The van der Waals surface area contributed by atoms with Gasteiger partial charge in [0.2, 0.25) is 0 Å². The van der Waals surface area contributed by atoms with Crippen LogP contribution in [0.3, 0.4) is 0 Å². The predicted octanol–water partition coefficient (Wildman–Crippen LogP) is 3.45. The fourth-order valence-corrected chi connectivity index (χ4v) is 3.68. The molecule has 1 heterocycles. The quantitative estimate of drug-likeness (QED) is 0.611. The average Bonchev–Trinajstić information content (AvgIpc) is 2.66. The number of hydrogen-bond donors (Lipinski definition) is 1.